The predicted octanol–water partition coefficient (Wildman–Crippen LogP) is 3.16. The normalized spacial score (nSPS) is 13.4. The van der Waals surface area contributed by atoms with Crippen LogP contribution in [0.15, 0.2) is 48.5 Å². The van der Waals surface area contributed by atoms with E-state index >= 15 is 0 Å². The van der Waals surface area contributed by atoms with Gasteiger partial charge in [0, 0.05) is 23.0 Å². The van der Waals surface area contributed by atoms with E-state index in [9.17, 15) is 15.0 Å². The lowest BCUT2D eigenvalue weighted by Gasteiger charge is -2.19. The standard InChI is InChI=1S/C14H14NO4PS/c1-2-11-10-12(15(16)17)8-9-14(11)19-20(18,21)13-6-4-3-5-7-13/h3-10H,2H2,1H3,(H,18,21). The van der Waals surface area contributed by atoms with Crippen molar-refractivity contribution in [3.63, 3.8) is 0 Å². The van der Waals surface area contributed by atoms with Crippen LogP contribution in [0.5, 0.6) is 5.75 Å². The SMILES string of the molecule is CCc1cc([N+](=O)[O-])ccc1OP(O)(=S)c1ccccc1. The van der Waals surface area contributed by atoms with Crippen LogP contribution in [0.25, 0.3) is 0 Å². The van der Waals surface area contributed by atoms with Gasteiger partial charge in [-0.25, -0.2) is 0 Å². The Morgan fingerprint density at radius 3 is 2.52 bits per heavy atom. The van der Waals surface area contributed by atoms with Crippen LogP contribution in [0.3, 0.4) is 0 Å². The quantitative estimate of drug-likeness (QED) is 0.520. The molecule has 0 aliphatic heterocycles. The summed E-state index contributed by atoms with van der Waals surface area (Å²) >= 11 is 5.19. The molecule has 110 valence electrons. The van der Waals surface area contributed by atoms with Gasteiger partial charge in [-0.2, -0.15) is 0 Å². The van der Waals surface area contributed by atoms with Crippen LogP contribution >= 0.6 is 6.49 Å². The number of hydrogen-bond acceptors (Lipinski definition) is 4. The number of benzene rings is 2. The van der Waals surface area contributed by atoms with Crippen molar-refractivity contribution in [2.24, 2.45) is 0 Å². The van der Waals surface area contributed by atoms with Gasteiger partial charge < -0.3 is 9.42 Å². The van der Waals surface area contributed by atoms with Crippen LogP contribution in [-0.2, 0) is 18.2 Å². The minimum atomic E-state index is -3.18. The average Bonchev–Trinajstić information content (AvgIpc) is 2.48. The molecule has 2 rings (SSSR count). The minimum Gasteiger partial charge on any atom is -0.440 e. The maximum absolute atomic E-state index is 10.8. The first kappa shape index (κ1) is 15.6. The summed E-state index contributed by atoms with van der Waals surface area (Å²) in [5.41, 5.74) is 0.633. The van der Waals surface area contributed by atoms with Gasteiger partial charge in [-0.15, -0.1) is 0 Å². The molecule has 1 N–H and O–H groups in total. The van der Waals surface area contributed by atoms with E-state index in [0.29, 0.717) is 23.0 Å². The molecule has 0 saturated heterocycles. The fraction of sp³-hybridized carbons (Fsp3) is 0.143. The third kappa shape index (κ3) is 3.67. The highest BCUT2D eigenvalue weighted by molar-refractivity contribution is 8.13. The van der Waals surface area contributed by atoms with E-state index in [1.165, 1.54) is 18.2 Å². The first-order chi connectivity index (χ1) is 9.94. The maximum Gasteiger partial charge on any atom is 0.269 e. The van der Waals surface area contributed by atoms with E-state index < -0.39 is 11.4 Å². The second-order valence-corrected chi connectivity index (χ2v) is 7.57. The molecular weight excluding hydrogens is 309 g/mol. The van der Waals surface area contributed by atoms with Crippen molar-refractivity contribution in [2.45, 2.75) is 13.3 Å². The van der Waals surface area contributed by atoms with Gasteiger partial charge in [0.25, 0.3) is 12.2 Å². The van der Waals surface area contributed by atoms with E-state index in [1.807, 2.05) is 13.0 Å². The molecule has 0 aliphatic rings. The zero-order valence-electron chi connectivity index (χ0n) is 11.3. The highest BCUT2D eigenvalue weighted by atomic mass is 32.5. The van der Waals surface area contributed by atoms with E-state index in [1.54, 1.807) is 24.3 Å². The number of hydrogen-bond donors (Lipinski definition) is 1. The van der Waals surface area contributed by atoms with Gasteiger partial charge in [-0.3, -0.25) is 10.1 Å². The van der Waals surface area contributed by atoms with Gasteiger partial charge in [0.2, 0.25) is 0 Å². The van der Waals surface area contributed by atoms with Gasteiger partial charge in [-0.05, 0) is 36.4 Å². The van der Waals surface area contributed by atoms with Crippen LogP contribution in [-0.4, -0.2) is 9.82 Å². The summed E-state index contributed by atoms with van der Waals surface area (Å²) < 4.78 is 5.60. The monoisotopic (exact) mass is 323 g/mol. The van der Waals surface area contributed by atoms with Crippen molar-refractivity contribution in [2.75, 3.05) is 0 Å². The summed E-state index contributed by atoms with van der Waals surface area (Å²) in [5.74, 6) is 0.387. The fourth-order valence-electron chi connectivity index (χ4n) is 1.85. The smallest absolute Gasteiger partial charge is 0.269 e. The molecule has 1 unspecified atom stereocenters. The van der Waals surface area contributed by atoms with Gasteiger partial charge in [-0.1, -0.05) is 25.1 Å². The fourth-order valence-corrected chi connectivity index (χ4v) is 3.55. The Labute approximate surface area is 127 Å². The van der Waals surface area contributed by atoms with Gasteiger partial charge in [0.15, 0.2) is 0 Å². The molecule has 0 bridgehead atoms. The first-order valence-electron chi connectivity index (χ1n) is 6.29. The largest absolute Gasteiger partial charge is 0.440 e. The molecule has 0 amide bonds. The van der Waals surface area contributed by atoms with Crippen molar-refractivity contribution in [1.82, 2.24) is 0 Å². The highest BCUT2D eigenvalue weighted by Gasteiger charge is 2.21. The first-order valence-corrected chi connectivity index (χ1v) is 8.96. The Kier molecular flexibility index (Phi) is 4.73. The number of nitrogens with zero attached hydrogens (tertiary/aromatic N) is 1. The third-order valence-corrected chi connectivity index (χ3v) is 5.19. The molecule has 2 aromatic carbocycles. The van der Waals surface area contributed by atoms with Gasteiger partial charge >= 0.3 is 0 Å². The summed E-state index contributed by atoms with van der Waals surface area (Å²) in [7, 11) is 0. The number of nitro groups is 1. The Morgan fingerprint density at radius 2 is 1.95 bits per heavy atom. The number of nitro benzene ring substituents is 1. The molecular formula is C14H14NO4PS. The maximum atomic E-state index is 10.8. The van der Waals surface area contributed by atoms with Crippen molar-refractivity contribution < 1.29 is 14.3 Å². The number of aryl methyl sites for hydroxylation is 1. The van der Waals surface area contributed by atoms with Crippen molar-refractivity contribution >= 4 is 29.3 Å². The molecule has 2 aromatic rings. The molecule has 7 heteroatoms. The van der Waals surface area contributed by atoms with E-state index in [2.05, 4.69) is 0 Å². The molecule has 0 heterocycles. The number of non-ortho nitro benzene ring substituents is 1. The summed E-state index contributed by atoms with van der Waals surface area (Å²) in [6, 6.07) is 13.0. The molecule has 0 radical (unpaired) electrons. The lowest BCUT2D eigenvalue weighted by Crippen LogP contribution is -2.09. The summed E-state index contributed by atoms with van der Waals surface area (Å²) in [5, 5.41) is 11.3. The molecule has 0 saturated carbocycles. The molecule has 0 fully saturated rings. The van der Waals surface area contributed by atoms with E-state index in [4.69, 9.17) is 16.3 Å². The molecule has 0 spiro atoms. The molecule has 0 aromatic heterocycles. The van der Waals surface area contributed by atoms with Crippen molar-refractivity contribution in [3.8, 4) is 5.75 Å². The summed E-state index contributed by atoms with van der Waals surface area (Å²) in [4.78, 5) is 20.7. The lowest BCUT2D eigenvalue weighted by atomic mass is 10.1. The zero-order valence-corrected chi connectivity index (χ0v) is 13.0. The topological polar surface area (TPSA) is 72.6 Å². The summed E-state index contributed by atoms with van der Waals surface area (Å²) in [6.07, 6.45) is 0.543. The lowest BCUT2D eigenvalue weighted by molar-refractivity contribution is -0.384. The third-order valence-electron chi connectivity index (χ3n) is 2.94. The molecule has 21 heavy (non-hydrogen) atoms. The average molecular weight is 323 g/mol. The van der Waals surface area contributed by atoms with Crippen LogP contribution in [0.1, 0.15) is 12.5 Å². The Bertz CT molecular complexity index is 705. The minimum absolute atomic E-state index is 0.00912. The Morgan fingerprint density at radius 1 is 1.29 bits per heavy atom. The number of rotatable bonds is 5. The molecule has 5 nitrogen and oxygen atoms in total. The van der Waals surface area contributed by atoms with Gasteiger partial charge in [0.05, 0.1) is 4.92 Å². The predicted molar refractivity (Wildman–Crippen MR) is 85.7 cm³/mol. The van der Waals surface area contributed by atoms with Crippen LogP contribution < -0.4 is 9.83 Å². The van der Waals surface area contributed by atoms with Crippen molar-refractivity contribution in [1.29, 1.82) is 0 Å². The highest BCUT2D eigenvalue weighted by Crippen LogP contribution is 2.43. The second-order valence-electron chi connectivity index (χ2n) is 4.35. The van der Waals surface area contributed by atoms with Crippen LogP contribution in [0.2, 0.25) is 0 Å². The second kappa shape index (κ2) is 6.35. The van der Waals surface area contributed by atoms with Crippen molar-refractivity contribution in [3.05, 3.63) is 64.2 Å². The molecule has 0 aliphatic carbocycles. The zero-order chi connectivity index (χ0) is 15.5. The Hall–Kier alpha value is -1.75. The Balaban J connectivity index is 2.35. The summed E-state index contributed by atoms with van der Waals surface area (Å²) in [6.45, 7) is -1.33. The van der Waals surface area contributed by atoms with E-state index in [-0.39, 0.29) is 5.69 Å². The molecule has 1 atom stereocenters. The van der Waals surface area contributed by atoms with Crippen LogP contribution in [0.4, 0.5) is 5.69 Å². The van der Waals surface area contributed by atoms with Crippen LogP contribution in [0, 0.1) is 10.1 Å². The van der Waals surface area contributed by atoms with E-state index in [0.717, 1.165) is 0 Å². The van der Waals surface area contributed by atoms with Gasteiger partial charge in [0.1, 0.15) is 5.75 Å².